The Hall–Kier alpha value is 0.688. The molecule has 0 nitrogen and oxygen atoms in total. The maximum Gasteiger partial charge on any atom is 0 e. The van der Waals surface area contributed by atoms with Crippen LogP contribution in [0.15, 0.2) is 0 Å². The van der Waals surface area contributed by atoms with Crippen molar-refractivity contribution in [2.45, 2.75) is 0 Å². The van der Waals surface area contributed by atoms with Gasteiger partial charge in [0.25, 0.3) is 0 Å². The zero-order valence-corrected chi connectivity index (χ0v) is 8.42. The molecule has 0 radical (unpaired) electrons. The maximum absolute atomic E-state index is 0. The Morgan fingerprint density at radius 2 is 0.286 bits per heavy atom. The van der Waals surface area contributed by atoms with Crippen molar-refractivity contribution in [3.8, 4) is 0 Å². The summed E-state index contributed by atoms with van der Waals surface area (Å²) in [5.74, 6) is 0. The molecule has 0 saturated heterocycles. The number of rotatable bonds is 0. The predicted molar refractivity (Wildman–Crippen MR) is 38.5 cm³/mol. The van der Waals surface area contributed by atoms with Crippen molar-refractivity contribution >= 4 is 0 Å². The molecule has 0 bridgehead atoms. The Labute approximate surface area is 66.0 Å². The van der Waals surface area contributed by atoms with Crippen LogP contribution in [0, 0.1) is 44.6 Å². The molecule has 1 heteroatoms. The van der Waals surface area contributed by atoms with Gasteiger partial charge in [0.1, 0.15) is 0 Å². The molecule has 0 amide bonds. The Morgan fingerprint density at radius 1 is 0.286 bits per heavy atom. The standard InChI is InChI=1S/6CH3.Mo/h6*1H3;/q6*-1;. The molecule has 0 aromatic carbocycles. The topological polar surface area (TPSA) is 0 Å². The number of hydrogen-bond acceptors (Lipinski definition) is 0. The second-order valence-electron chi connectivity index (χ2n) is 0. The largest absolute Gasteiger partial charge is 0.358 e. The van der Waals surface area contributed by atoms with Crippen molar-refractivity contribution in [2.24, 2.45) is 0 Å². The number of hydrogen-bond donors (Lipinski definition) is 0. The van der Waals surface area contributed by atoms with Gasteiger partial charge in [0.15, 0.2) is 0 Å². The van der Waals surface area contributed by atoms with E-state index < -0.39 is 0 Å². The van der Waals surface area contributed by atoms with E-state index in [1.165, 1.54) is 0 Å². The molecular formula is C6H18Mo-6. The van der Waals surface area contributed by atoms with Crippen LogP contribution in [-0.4, -0.2) is 0 Å². The van der Waals surface area contributed by atoms with Crippen molar-refractivity contribution in [3.05, 3.63) is 44.6 Å². The molecule has 0 aromatic heterocycles. The van der Waals surface area contributed by atoms with E-state index in [1.54, 1.807) is 0 Å². The van der Waals surface area contributed by atoms with Crippen LogP contribution in [0.3, 0.4) is 0 Å². The summed E-state index contributed by atoms with van der Waals surface area (Å²) in [5, 5.41) is 0. The molecule has 0 spiro atoms. The third-order valence-corrected chi connectivity index (χ3v) is 0. The van der Waals surface area contributed by atoms with Crippen LogP contribution < -0.4 is 0 Å². The SMILES string of the molecule is [CH3-].[CH3-].[CH3-].[CH3-].[CH3-].[CH3-].[Mo]. The van der Waals surface area contributed by atoms with Crippen LogP contribution in [0.1, 0.15) is 0 Å². The van der Waals surface area contributed by atoms with Crippen molar-refractivity contribution in [2.75, 3.05) is 0 Å². The van der Waals surface area contributed by atoms with Gasteiger partial charge in [-0.25, -0.2) is 0 Å². The van der Waals surface area contributed by atoms with Gasteiger partial charge in [-0.3, -0.25) is 0 Å². The minimum absolute atomic E-state index is 0. The van der Waals surface area contributed by atoms with Gasteiger partial charge < -0.3 is 44.6 Å². The first-order chi connectivity index (χ1) is 0. The van der Waals surface area contributed by atoms with Gasteiger partial charge in [-0.15, -0.1) is 0 Å². The summed E-state index contributed by atoms with van der Waals surface area (Å²) < 4.78 is 0. The molecule has 7 heavy (non-hydrogen) atoms. The second kappa shape index (κ2) is 457. The summed E-state index contributed by atoms with van der Waals surface area (Å²) in [6, 6.07) is 0. The summed E-state index contributed by atoms with van der Waals surface area (Å²) in [6.07, 6.45) is 0. The first kappa shape index (κ1) is 726. The van der Waals surface area contributed by atoms with Crippen molar-refractivity contribution in [1.29, 1.82) is 0 Å². The van der Waals surface area contributed by atoms with Gasteiger partial charge in [0, 0.05) is 21.1 Å². The Balaban J connectivity index is 0. The maximum atomic E-state index is 0. The third-order valence-electron chi connectivity index (χ3n) is 0. The van der Waals surface area contributed by atoms with Gasteiger partial charge in [-0.1, -0.05) is 0 Å². The molecule has 0 aliphatic heterocycles. The average Bonchev–Trinajstić information content (AvgIpc) is 0. The Kier molecular flexibility index (Phi) is 47400. The van der Waals surface area contributed by atoms with Gasteiger partial charge in [0.2, 0.25) is 0 Å². The monoisotopic (exact) mass is 188 g/mol. The molecule has 0 unspecified atom stereocenters. The molecule has 0 saturated carbocycles. The van der Waals surface area contributed by atoms with Crippen LogP contribution in [0.2, 0.25) is 0 Å². The first-order valence-electron chi connectivity index (χ1n) is 0. The molecule has 0 rings (SSSR count). The summed E-state index contributed by atoms with van der Waals surface area (Å²) >= 11 is 0. The van der Waals surface area contributed by atoms with E-state index in [4.69, 9.17) is 0 Å². The van der Waals surface area contributed by atoms with E-state index in [0.29, 0.717) is 0 Å². The fraction of sp³-hybridized carbons (Fsp3) is 0. The van der Waals surface area contributed by atoms with Gasteiger partial charge in [0.05, 0.1) is 0 Å². The van der Waals surface area contributed by atoms with E-state index in [-0.39, 0.29) is 65.6 Å². The van der Waals surface area contributed by atoms with Crippen molar-refractivity contribution in [1.82, 2.24) is 0 Å². The molecule has 0 atom stereocenters. The minimum Gasteiger partial charge on any atom is -0.358 e. The Morgan fingerprint density at radius 3 is 0.286 bits per heavy atom. The van der Waals surface area contributed by atoms with Crippen molar-refractivity contribution in [3.63, 3.8) is 0 Å². The second-order valence-corrected chi connectivity index (χ2v) is 0. The van der Waals surface area contributed by atoms with E-state index in [2.05, 4.69) is 0 Å². The zero-order chi connectivity index (χ0) is 0. The molecule has 0 heterocycles. The van der Waals surface area contributed by atoms with Gasteiger partial charge in [-0.05, 0) is 0 Å². The normalized spacial score (nSPS) is 0. The van der Waals surface area contributed by atoms with Gasteiger partial charge in [-0.2, -0.15) is 0 Å². The average molecular weight is 186 g/mol. The van der Waals surface area contributed by atoms with Crippen LogP contribution in [0.5, 0.6) is 0 Å². The molecule has 0 aromatic rings. The quantitative estimate of drug-likeness (QED) is 0.403. The van der Waals surface area contributed by atoms with E-state index in [1.807, 2.05) is 0 Å². The van der Waals surface area contributed by atoms with E-state index >= 15 is 0 Å². The van der Waals surface area contributed by atoms with Crippen LogP contribution in [0.4, 0.5) is 0 Å². The van der Waals surface area contributed by atoms with Gasteiger partial charge >= 0.3 is 0 Å². The van der Waals surface area contributed by atoms with E-state index in [9.17, 15) is 0 Å². The molecular weight excluding hydrogens is 168 g/mol. The van der Waals surface area contributed by atoms with Crippen LogP contribution >= 0.6 is 0 Å². The summed E-state index contributed by atoms with van der Waals surface area (Å²) in [6.45, 7) is 0. The fourth-order valence-corrected chi connectivity index (χ4v) is 0. The summed E-state index contributed by atoms with van der Waals surface area (Å²) in [4.78, 5) is 0. The van der Waals surface area contributed by atoms with Crippen LogP contribution in [-0.2, 0) is 21.1 Å². The summed E-state index contributed by atoms with van der Waals surface area (Å²) in [7, 11) is 0. The third kappa shape index (κ3) is 310. The van der Waals surface area contributed by atoms with Crippen LogP contribution in [0.25, 0.3) is 0 Å². The Bertz CT molecular complexity index is 4.14. The fourth-order valence-electron chi connectivity index (χ4n) is 0. The molecule has 0 fully saturated rings. The smallest absolute Gasteiger partial charge is 0 e. The zero-order valence-electron chi connectivity index (χ0n) is 6.41. The molecule has 0 aliphatic carbocycles. The predicted octanol–water partition coefficient (Wildman–Crippen LogP) is 2.70. The first-order valence-corrected chi connectivity index (χ1v) is 0. The summed E-state index contributed by atoms with van der Waals surface area (Å²) in [5.41, 5.74) is 0. The van der Waals surface area contributed by atoms with E-state index in [0.717, 1.165) is 0 Å². The van der Waals surface area contributed by atoms with Crippen molar-refractivity contribution < 1.29 is 21.1 Å². The minimum atomic E-state index is 0. The molecule has 0 N–H and O–H groups in total. The molecule has 0 aliphatic rings. The molecule has 54 valence electrons.